The summed E-state index contributed by atoms with van der Waals surface area (Å²) in [6.07, 6.45) is 0. The SMILES string of the molecule is CC(C)(O)C(C)(C)NCc1cc2ccccc2o1. The van der Waals surface area contributed by atoms with Crippen molar-refractivity contribution in [3.63, 3.8) is 0 Å². The molecule has 2 aromatic rings. The zero-order valence-electron chi connectivity index (χ0n) is 11.4. The Bertz CT molecular complexity index is 502. The molecule has 2 rings (SSSR count). The molecule has 0 aliphatic rings. The Balaban J connectivity index is 2.11. The van der Waals surface area contributed by atoms with E-state index in [1.165, 1.54) is 0 Å². The Hall–Kier alpha value is -1.32. The van der Waals surface area contributed by atoms with E-state index in [1.807, 2.05) is 44.2 Å². The maximum Gasteiger partial charge on any atom is 0.134 e. The second-order valence-corrected chi connectivity index (χ2v) is 5.79. The maximum atomic E-state index is 10.1. The van der Waals surface area contributed by atoms with E-state index in [9.17, 15) is 5.11 Å². The number of aliphatic hydroxyl groups is 1. The molecule has 0 saturated heterocycles. The van der Waals surface area contributed by atoms with E-state index in [0.717, 1.165) is 16.7 Å². The lowest BCUT2D eigenvalue weighted by Gasteiger charge is -2.38. The van der Waals surface area contributed by atoms with Crippen molar-refractivity contribution in [2.45, 2.75) is 45.4 Å². The van der Waals surface area contributed by atoms with Gasteiger partial charge in [-0.05, 0) is 39.8 Å². The fourth-order valence-electron chi connectivity index (χ4n) is 1.65. The van der Waals surface area contributed by atoms with E-state index in [0.29, 0.717) is 6.54 Å². The van der Waals surface area contributed by atoms with Crippen molar-refractivity contribution in [3.8, 4) is 0 Å². The van der Waals surface area contributed by atoms with Gasteiger partial charge in [-0.2, -0.15) is 0 Å². The highest BCUT2D eigenvalue weighted by Gasteiger charge is 2.34. The van der Waals surface area contributed by atoms with Gasteiger partial charge in [-0.1, -0.05) is 18.2 Å². The van der Waals surface area contributed by atoms with Gasteiger partial charge in [0.25, 0.3) is 0 Å². The van der Waals surface area contributed by atoms with E-state index in [2.05, 4.69) is 5.32 Å². The largest absolute Gasteiger partial charge is 0.460 e. The molecule has 0 atom stereocenters. The molecule has 18 heavy (non-hydrogen) atoms. The number of rotatable bonds is 4. The Labute approximate surface area is 108 Å². The van der Waals surface area contributed by atoms with Crippen molar-refractivity contribution in [1.82, 2.24) is 5.32 Å². The van der Waals surface area contributed by atoms with Crippen LogP contribution in [0.25, 0.3) is 11.0 Å². The van der Waals surface area contributed by atoms with Gasteiger partial charge in [0.1, 0.15) is 11.3 Å². The minimum absolute atomic E-state index is 0.383. The number of nitrogens with one attached hydrogen (secondary N) is 1. The van der Waals surface area contributed by atoms with Crippen LogP contribution in [0.3, 0.4) is 0 Å². The molecule has 98 valence electrons. The summed E-state index contributed by atoms with van der Waals surface area (Å²) >= 11 is 0. The zero-order valence-corrected chi connectivity index (χ0v) is 11.4. The van der Waals surface area contributed by atoms with E-state index < -0.39 is 5.60 Å². The van der Waals surface area contributed by atoms with Crippen molar-refractivity contribution in [3.05, 3.63) is 36.1 Å². The van der Waals surface area contributed by atoms with Crippen LogP contribution in [0.15, 0.2) is 34.7 Å². The first-order valence-electron chi connectivity index (χ1n) is 6.24. The number of benzene rings is 1. The summed E-state index contributed by atoms with van der Waals surface area (Å²) in [6, 6.07) is 9.98. The Kier molecular flexibility index (Phi) is 3.21. The van der Waals surface area contributed by atoms with Crippen LogP contribution in [0.5, 0.6) is 0 Å². The Morgan fingerprint density at radius 1 is 1.17 bits per heavy atom. The molecule has 0 fully saturated rings. The predicted octanol–water partition coefficient (Wildman–Crippen LogP) is 3.07. The van der Waals surface area contributed by atoms with Gasteiger partial charge in [0.05, 0.1) is 12.1 Å². The molecule has 0 spiro atoms. The quantitative estimate of drug-likeness (QED) is 0.872. The first-order chi connectivity index (χ1) is 8.29. The van der Waals surface area contributed by atoms with Crippen molar-refractivity contribution >= 4 is 11.0 Å². The lowest BCUT2D eigenvalue weighted by molar-refractivity contribution is -0.00596. The first kappa shape index (κ1) is 13.1. The van der Waals surface area contributed by atoms with Crippen LogP contribution in [-0.4, -0.2) is 16.2 Å². The van der Waals surface area contributed by atoms with E-state index in [4.69, 9.17) is 4.42 Å². The second kappa shape index (κ2) is 4.41. The molecule has 0 aliphatic carbocycles. The number of furan rings is 1. The van der Waals surface area contributed by atoms with Gasteiger partial charge in [-0.25, -0.2) is 0 Å². The second-order valence-electron chi connectivity index (χ2n) is 5.79. The first-order valence-corrected chi connectivity index (χ1v) is 6.24. The smallest absolute Gasteiger partial charge is 0.134 e. The van der Waals surface area contributed by atoms with Crippen LogP contribution in [0.1, 0.15) is 33.5 Å². The normalized spacial score (nSPS) is 13.2. The van der Waals surface area contributed by atoms with Crippen LogP contribution < -0.4 is 5.32 Å². The van der Waals surface area contributed by atoms with Crippen LogP contribution in [0.4, 0.5) is 0 Å². The van der Waals surface area contributed by atoms with Crippen molar-refractivity contribution in [1.29, 1.82) is 0 Å². The highest BCUT2D eigenvalue weighted by molar-refractivity contribution is 5.77. The maximum absolute atomic E-state index is 10.1. The minimum atomic E-state index is -0.793. The van der Waals surface area contributed by atoms with Gasteiger partial charge in [0, 0.05) is 10.9 Å². The molecule has 0 unspecified atom stereocenters. The third-order valence-corrected chi connectivity index (χ3v) is 3.71. The molecular formula is C15H21NO2. The summed E-state index contributed by atoms with van der Waals surface area (Å²) in [4.78, 5) is 0. The fraction of sp³-hybridized carbons (Fsp3) is 0.467. The summed E-state index contributed by atoms with van der Waals surface area (Å²) in [5.41, 5.74) is -0.277. The molecule has 3 nitrogen and oxygen atoms in total. The molecule has 1 heterocycles. The molecule has 0 bridgehead atoms. The van der Waals surface area contributed by atoms with Crippen LogP contribution in [0, 0.1) is 0 Å². The summed E-state index contributed by atoms with van der Waals surface area (Å²) in [6.45, 7) is 8.17. The van der Waals surface area contributed by atoms with E-state index in [-0.39, 0.29) is 5.54 Å². The van der Waals surface area contributed by atoms with Crippen molar-refractivity contribution in [2.24, 2.45) is 0 Å². The summed E-state index contributed by atoms with van der Waals surface area (Å²) in [7, 11) is 0. The molecular weight excluding hydrogens is 226 g/mol. The monoisotopic (exact) mass is 247 g/mol. The van der Waals surface area contributed by atoms with E-state index >= 15 is 0 Å². The predicted molar refractivity (Wildman–Crippen MR) is 73.4 cm³/mol. The molecule has 0 radical (unpaired) electrons. The number of fused-ring (bicyclic) bond motifs is 1. The topological polar surface area (TPSA) is 45.4 Å². The molecule has 2 N–H and O–H groups in total. The van der Waals surface area contributed by atoms with Gasteiger partial charge in [-0.3, -0.25) is 0 Å². The van der Waals surface area contributed by atoms with E-state index in [1.54, 1.807) is 13.8 Å². The molecule has 3 heteroatoms. The molecule has 0 aliphatic heterocycles. The highest BCUT2D eigenvalue weighted by atomic mass is 16.3. The van der Waals surface area contributed by atoms with Gasteiger partial charge < -0.3 is 14.8 Å². The third kappa shape index (κ3) is 2.57. The number of hydrogen-bond acceptors (Lipinski definition) is 3. The molecule has 1 aromatic heterocycles. The summed E-state index contributed by atoms with van der Waals surface area (Å²) in [5, 5.41) is 14.5. The number of hydrogen-bond donors (Lipinski definition) is 2. The number of para-hydroxylation sites is 1. The van der Waals surface area contributed by atoms with Crippen LogP contribution >= 0.6 is 0 Å². The molecule has 0 amide bonds. The standard InChI is InChI=1S/C15H21NO2/c1-14(2,15(3,4)17)16-10-12-9-11-7-5-6-8-13(11)18-12/h5-9,16-17H,10H2,1-4H3. The van der Waals surface area contributed by atoms with Gasteiger partial charge in [0.15, 0.2) is 0 Å². The van der Waals surface area contributed by atoms with Gasteiger partial charge in [-0.15, -0.1) is 0 Å². The van der Waals surface area contributed by atoms with Crippen molar-refractivity contribution in [2.75, 3.05) is 0 Å². The van der Waals surface area contributed by atoms with Crippen LogP contribution in [-0.2, 0) is 6.54 Å². The lowest BCUT2D eigenvalue weighted by atomic mass is 9.86. The van der Waals surface area contributed by atoms with Crippen LogP contribution in [0.2, 0.25) is 0 Å². The Morgan fingerprint density at radius 2 is 1.83 bits per heavy atom. The molecule has 1 aromatic carbocycles. The summed E-state index contributed by atoms with van der Waals surface area (Å²) < 4.78 is 5.73. The highest BCUT2D eigenvalue weighted by Crippen LogP contribution is 2.23. The molecule has 0 saturated carbocycles. The zero-order chi connectivity index (χ0) is 13.4. The minimum Gasteiger partial charge on any atom is -0.460 e. The van der Waals surface area contributed by atoms with Gasteiger partial charge >= 0.3 is 0 Å². The fourth-order valence-corrected chi connectivity index (χ4v) is 1.65. The summed E-state index contributed by atoms with van der Waals surface area (Å²) in [5.74, 6) is 0.883. The van der Waals surface area contributed by atoms with Crippen molar-refractivity contribution < 1.29 is 9.52 Å². The average molecular weight is 247 g/mol. The van der Waals surface area contributed by atoms with Gasteiger partial charge in [0.2, 0.25) is 0 Å². The average Bonchev–Trinajstić information content (AvgIpc) is 2.67. The lowest BCUT2D eigenvalue weighted by Crippen LogP contribution is -2.55. The Morgan fingerprint density at radius 3 is 2.44 bits per heavy atom. The third-order valence-electron chi connectivity index (χ3n) is 3.71.